The maximum Gasteiger partial charge on any atom is 0.237 e. The Labute approximate surface area is 177 Å². The number of nitrogens with zero attached hydrogens (tertiary/aromatic N) is 5. The van der Waals surface area contributed by atoms with Crippen LogP contribution in [0.2, 0.25) is 0 Å². The van der Waals surface area contributed by atoms with Crippen molar-refractivity contribution in [3.63, 3.8) is 0 Å². The largest absolute Gasteiger partial charge is 0.378 e. The minimum Gasteiger partial charge on any atom is -0.378 e. The number of hydrogen-bond donors (Lipinski definition) is 0. The van der Waals surface area contributed by atoms with Crippen molar-refractivity contribution in [2.75, 3.05) is 41.9 Å². The van der Waals surface area contributed by atoms with E-state index in [1.807, 2.05) is 35.2 Å². The Kier molecular flexibility index (Phi) is 5.14. The number of halogens is 1. The standard InChI is InChI=1S/C21H20FN5O2S/c22-17-11-16(5-6-18(17)25-7-9-29-10-8-25)27-13-15(23-24-27)12-26-19-3-1-2-4-20(19)30-14-21(26)28/h1-6,11,13H,7-10,12,14H2. The Hall–Kier alpha value is -2.91. The van der Waals surface area contributed by atoms with E-state index in [2.05, 4.69) is 10.3 Å². The number of anilines is 2. The fourth-order valence-electron chi connectivity index (χ4n) is 3.69. The molecule has 0 spiro atoms. The Morgan fingerprint density at radius 3 is 2.77 bits per heavy atom. The monoisotopic (exact) mass is 425 g/mol. The number of amides is 1. The quantitative estimate of drug-likeness (QED) is 0.641. The van der Waals surface area contributed by atoms with Crippen LogP contribution in [0.3, 0.4) is 0 Å². The Balaban J connectivity index is 1.36. The van der Waals surface area contributed by atoms with E-state index in [1.165, 1.54) is 10.7 Å². The molecule has 2 aromatic carbocycles. The molecule has 1 fully saturated rings. The van der Waals surface area contributed by atoms with Gasteiger partial charge in [-0.15, -0.1) is 16.9 Å². The van der Waals surface area contributed by atoms with E-state index < -0.39 is 0 Å². The zero-order valence-corrected chi connectivity index (χ0v) is 17.0. The maximum atomic E-state index is 14.7. The topological polar surface area (TPSA) is 63.5 Å². The number of hydrogen-bond acceptors (Lipinski definition) is 6. The molecule has 1 saturated heterocycles. The number of para-hydroxylation sites is 1. The Morgan fingerprint density at radius 2 is 1.93 bits per heavy atom. The molecule has 7 nitrogen and oxygen atoms in total. The van der Waals surface area contributed by atoms with Gasteiger partial charge < -0.3 is 14.5 Å². The SMILES string of the molecule is O=C1CSc2ccccc2N1Cc1cn(-c2ccc(N3CCOCC3)c(F)c2)nn1. The van der Waals surface area contributed by atoms with Crippen LogP contribution in [0.5, 0.6) is 0 Å². The van der Waals surface area contributed by atoms with E-state index in [0.717, 1.165) is 10.6 Å². The van der Waals surface area contributed by atoms with Crippen LogP contribution in [0, 0.1) is 5.82 Å². The molecule has 0 saturated carbocycles. The third kappa shape index (κ3) is 3.66. The minimum atomic E-state index is -0.302. The van der Waals surface area contributed by atoms with Gasteiger partial charge in [0, 0.05) is 24.1 Å². The number of thioether (sulfide) groups is 1. The molecule has 5 rings (SSSR count). The van der Waals surface area contributed by atoms with Gasteiger partial charge in [-0.1, -0.05) is 17.3 Å². The van der Waals surface area contributed by atoms with Crippen molar-refractivity contribution in [1.29, 1.82) is 0 Å². The highest BCUT2D eigenvalue weighted by Gasteiger charge is 2.25. The van der Waals surface area contributed by atoms with E-state index in [1.54, 1.807) is 28.9 Å². The van der Waals surface area contributed by atoms with Crippen LogP contribution in [-0.2, 0) is 16.1 Å². The highest BCUT2D eigenvalue weighted by Crippen LogP contribution is 2.35. The lowest BCUT2D eigenvalue weighted by atomic mass is 10.2. The molecule has 30 heavy (non-hydrogen) atoms. The lowest BCUT2D eigenvalue weighted by Crippen LogP contribution is -2.36. The number of benzene rings is 2. The summed E-state index contributed by atoms with van der Waals surface area (Å²) in [6.07, 6.45) is 1.74. The molecule has 3 heterocycles. The van der Waals surface area contributed by atoms with Crippen molar-refractivity contribution in [2.45, 2.75) is 11.4 Å². The Morgan fingerprint density at radius 1 is 1.10 bits per heavy atom. The molecule has 9 heteroatoms. The summed E-state index contributed by atoms with van der Waals surface area (Å²) in [6.45, 7) is 2.88. The zero-order valence-electron chi connectivity index (χ0n) is 16.2. The number of rotatable bonds is 4. The molecule has 2 aliphatic rings. The van der Waals surface area contributed by atoms with Crippen molar-refractivity contribution < 1.29 is 13.9 Å². The van der Waals surface area contributed by atoms with E-state index >= 15 is 0 Å². The third-order valence-electron chi connectivity index (χ3n) is 5.22. The fraction of sp³-hybridized carbons (Fsp3) is 0.286. The molecule has 0 radical (unpaired) electrons. The smallest absolute Gasteiger partial charge is 0.237 e. The minimum absolute atomic E-state index is 0.0363. The van der Waals surface area contributed by atoms with Crippen molar-refractivity contribution in [3.8, 4) is 5.69 Å². The molecule has 0 N–H and O–H groups in total. The number of carbonyl (C=O) groups excluding carboxylic acids is 1. The molecule has 0 unspecified atom stereocenters. The highest BCUT2D eigenvalue weighted by molar-refractivity contribution is 8.00. The van der Waals surface area contributed by atoms with Crippen LogP contribution in [0.15, 0.2) is 53.6 Å². The van der Waals surface area contributed by atoms with Crippen LogP contribution in [-0.4, -0.2) is 53.0 Å². The molecule has 1 aromatic heterocycles. The number of fused-ring (bicyclic) bond motifs is 1. The van der Waals surface area contributed by atoms with Crippen LogP contribution < -0.4 is 9.80 Å². The second-order valence-electron chi connectivity index (χ2n) is 7.13. The lowest BCUT2D eigenvalue weighted by molar-refractivity contribution is -0.116. The summed E-state index contributed by atoms with van der Waals surface area (Å²) in [5, 5.41) is 8.34. The summed E-state index contributed by atoms with van der Waals surface area (Å²) in [6, 6.07) is 12.9. The molecule has 0 atom stereocenters. The Bertz CT molecular complexity index is 1080. The van der Waals surface area contributed by atoms with Gasteiger partial charge in [-0.3, -0.25) is 4.79 Å². The third-order valence-corrected chi connectivity index (χ3v) is 6.26. The predicted octanol–water partition coefficient (Wildman–Crippen LogP) is 2.88. The van der Waals surface area contributed by atoms with Gasteiger partial charge in [0.25, 0.3) is 0 Å². The molecule has 2 aliphatic heterocycles. The lowest BCUT2D eigenvalue weighted by Gasteiger charge is -2.29. The highest BCUT2D eigenvalue weighted by atomic mass is 32.2. The number of morpholine rings is 1. The summed E-state index contributed by atoms with van der Waals surface area (Å²) in [5.41, 5.74) is 2.68. The van der Waals surface area contributed by atoms with Gasteiger partial charge in [-0.25, -0.2) is 9.07 Å². The second-order valence-corrected chi connectivity index (χ2v) is 8.14. The van der Waals surface area contributed by atoms with Crippen molar-refractivity contribution in [1.82, 2.24) is 15.0 Å². The van der Waals surface area contributed by atoms with Crippen molar-refractivity contribution in [2.24, 2.45) is 0 Å². The first-order valence-electron chi connectivity index (χ1n) is 9.75. The van der Waals surface area contributed by atoms with E-state index in [9.17, 15) is 9.18 Å². The summed E-state index contributed by atoms with van der Waals surface area (Å²) in [5.74, 6) is 0.136. The van der Waals surface area contributed by atoms with E-state index in [0.29, 0.717) is 55.7 Å². The van der Waals surface area contributed by atoms with Gasteiger partial charge in [0.05, 0.1) is 48.8 Å². The summed E-state index contributed by atoms with van der Waals surface area (Å²) >= 11 is 1.54. The molecule has 0 bridgehead atoms. The van der Waals surface area contributed by atoms with Crippen molar-refractivity contribution in [3.05, 3.63) is 60.2 Å². The van der Waals surface area contributed by atoms with Crippen LogP contribution in [0.25, 0.3) is 5.69 Å². The summed E-state index contributed by atoms with van der Waals surface area (Å²) < 4.78 is 21.6. The maximum absolute atomic E-state index is 14.7. The number of carbonyl (C=O) groups is 1. The first-order chi connectivity index (χ1) is 14.7. The zero-order chi connectivity index (χ0) is 20.5. The molecule has 3 aromatic rings. The second kappa shape index (κ2) is 8.08. The number of ether oxygens (including phenoxy) is 1. The van der Waals surface area contributed by atoms with Gasteiger partial charge in [-0.05, 0) is 24.3 Å². The van der Waals surface area contributed by atoms with Gasteiger partial charge in [0.15, 0.2) is 0 Å². The first-order valence-corrected chi connectivity index (χ1v) is 10.7. The van der Waals surface area contributed by atoms with Gasteiger partial charge in [0.1, 0.15) is 11.5 Å². The van der Waals surface area contributed by atoms with Crippen LogP contribution >= 0.6 is 11.8 Å². The molecule has 1 amide bonds. The average molecular weight is 425 g/mol. The predicted molar refractivity (Wildman–Crippen MR) is 113 cm³/mol. The number of aromatic nitrogens is 3. The van der Waals surface area contributed by atoms with Crippen LogP contribution in [0.4, 0.5) is 15.8 Å². The molecule has 0 aliphatic carbocycles. The summed E-state index contributed by atoms with van der Waals surface area (Å²) in [7, 11) is 0. The molecule has 154 valence electrons. The van der Waals surface area contributed by atoms with Gasteiger partial charge >= 0.3 is 0 Å². The first kappa shape index (κ1) is 19.1. The molecular weight excluding hydrogens is 405 g/mol. The average Bonchev–Trinajstić information content (AvgIpc) is 3.25. The van der Waals surface area contributed by atoms with E-state index in [-0.39, 0.29) is 11.7 Å². The normalized spacial score (nSPS) is 16.6. The van der Waals surface area contributed by atoms with Crippen LogP contribution in [0.1, 0.15) is 5.69 Å². The van der Waals surface area contributed by atoms with E-state index in [4.69, 9.17) is 4.74 Å². The van der Waals surface area contributed by atoms with Crippen molar-refractivity contribution >= 4 is 29.0 Å². The van der Waals surface area contributed by atoms with Gasteiger partial charge in [-0.2, -0.15) is 0 Å². The fourth-order valence-corrected chi connectivity index (χ4v) is 4.62. The van der Waals surface area contributed by atoms with Gasteiger partial charge in [0.2, 0.25) is 5.91 Å². The molecular formula is C21H20FN5O2S. The summed E-state index contributed by atoms with van der Waals surface area (Å²) in [4.78, 5) is 17.2.